The molecule has 32 heavy (non-hydrogen) atoms. The van der Waals surface area contributed by atoms with E-state index in [2.05, 4.69) is 10.4 Å². The van der Waals surface area contributed by atoms with Gasteiger partial charge in [-0.25, -0.2) is 8.42 Å². The molecule has 0 fully saturated rings. The average molecular weight is 477 g/mol. The number of ether oxygens (including phenoxy) is 1. The third kappa shape index (κ3) is 4.73. The van der Waals surface area contributed by atoms with Crippen molar-refractivity contribution < 1.29 is 17.9 Å². The van der Waals surface area contributed by atoms with Crippen LogP contribution >= 0.6 is 11.6 Å². The van der Waals surface area contributed by atoms with Crippen LogP contribution in [0.1, 0.15) is 17.0 Å². The molecular weight excluding hydrogens is 452 g/mol. The van der Waals surface area contributed by atoms with Gasteiger partial charge >= 0.3 is 0 Å². The van der Waals surface area contributed by atoms with E-state index >= 15 is 0 Å². The Morgan fingerprint density at radius 2 is 1.81 bits per heavy atom. The van der Waals surface area contributed by atoms with Gasteiger partial charge in [-0.15, -0.1) is 0 Å². The lowest BCUT2D eigenvalue weighted by Crippen LogP contribution is -2.38. The molecule has 1 aromatic heterocycles. The SMILES string of the molecule is COc1ccc(N(CC(=O)Nc2cc(Cl)ccc2C)S(=O)(=O)c2c(C)nn(C)c2C)cc1. The van der Waals surface area contributed by atoms with Crippen molar-refractivity contribution >= 4 is 38.9 Å². The molecule has 2 aromatic carbocycles. The van der Waals surface area contributed by atoms with Crippen molar-refractivity contribution in [1.82, 2.24) is 9.78 Å². The molecule has 0 aliphatic carbocycles. The molecule has 1 N–H and O–H groups in total. The van der Waals surface area contributed by atoms with Crippen LogP contribution in [0.15, 0.2) is 47.4 Å². The number of anilines is 2. The van der Waals surface area contributed by atoms with Crippen molar-refractivity contribution in [2.24, 2.45) is 7.05 Å². The highest BCUT2D eigenvalue weighted by atomic mass is 35.5. The smallest absolute Gasteiger partial charge is 0.268 e. The molecule has 0 saturated carbocycles. The Labute approximate surface area is 192 Å². The largest absolute Gasteiger partial charge is 0.497 e. The lowest BCUT2D eigenvalue weighted by atomic mass is 10.2. The fourth-order valence-corrected chi connectivity index (χ4v) is 5.35. The minimum Gasteiger partial charge on any atom is -0.497 e. The molecule has 0 radical (unpaired) electrons. The summed E-state index contributed by atoms with van der Waals surface area (Å²) in [6.07, 6.45) is 0. The fraction of sp³-hybridized carbons (Fsp3) is 0.273. The number of aryl methyl sites for hydroxylation is 3. The lowest BCUT2D eigenvalue weighted by molar-refractivity contribution is -0.114. The molecule has 8 nitrogen and oxygen atoms in total. The van der Waals surface area contributed by atoms with E-state index in [1.54, 1.807) is 63.4 Å². The highest BCUT2D eigenvalue weighted by molar-refractivity contribution is 7.93. The minimum absolute atomic E-state index is 0.0718. The lowest BCUT2D eigenvalue weighted by Gasteiger charge is -2.24. The summed E-state index contributed by atoms with van der Waals surface area (Å²) in [5.41, 5.74) is 2.48. The van der Waals surface area contributed by atoms with Gasteiger partial charge in [0.1, 0.15) is 17.2 Å². The molecule has 1 amide bonds. The average Bonchev–Trinajstić information content (AvgIpc) is 3.00. The summed E-state index contributed by atoms with van der Waals surface area (Å²) in [5.74, 6) is 0.0628. The maximum Gasteiger partial charge on any atom is 0.268 e. The van der Waals surface area contributed by atoms with Crippen molar-refractivity contribution in [3.63, 3.8) is 0 Å². The first kappa shape index (κ1) is 23.6. The van der Waals surface area contributed by atoms with E-state index in [0.29, 0.717) is 33.5 Å². The minimum atomic E-state index is -4.10. The number of aromatic nitrogens is 2. The number of hydrogen-bond donors (Lipinski definition) is 1. The van der Waals surface area contributed by atoms with Crippen molar-refractivity contribution in [2.75, 3.05) is 23.3 Å². The fourth-order valence-electron chi connectivity index (χ4n) is 3.35. The van der Waals surface area contributed by atoms with E-state index in [4.69, 9.17) is 16.3 Å². The summed E-state index contributed by atoms with van der Waals surface area (Å²) in [4.78, 5) is 13.0. The molecule has 0 bridgehead atoms. The van der Waals surface area contributed by atoms with Gasteiger partial charge in [-0.2, -0.15) is 5.10 Å². The van der Waals surface area contributed by atoms with Crippen LogP contribution in [0.4, 0.5) is 11.4 Å². The first-order valence-corrected chi connectivity index (χ1v) is 11.6. The van der Waals surface area contributed by atoms with E-state index in [-0.39, 0.29) is 4.90 Å². The predicted molar refractivity (Wildman–Crippen MR) is 125 cm³/mol. The zero-order chi connectivity index (χ0) is 23.6. The third-order valence-electron chi connectivity index (χ3n) is 5.11. The Balaban J connectivity index is 2.02. The number of benzene rings is 2. The van der Waals surface area contributed by atoms with E-state index in [0.717, 1.165) is 9.87 Å². The van der Waals surface area contributed by atoms with Crippen molar-refractivity contribution in [3.8, 4) is 5.75 Å². The monoisotopic (exact) mass is 476 g/mol. The summed E-state index contributed by atoms with van der Waals surface area (Å²) in [7, 11) is -0.903. The number of carbonyl (C=O) groups is 1. The van der Waals surface area contributed by atoms with E-state index in [1.807, 2.05) is 6.92 Å². The Kier molecular flexibility index (Phi) is 6.80. The van der Waals surface area contributed by atoms with Crippen molar-refractivity contribution in [1.29, 1.82) is 0 Å². The highest BCUT2D eigenvalue weighted by Crippen LogP contribution is 2.29. The molecule has 0 aliphatic rings. The molecule has 0 unspecified atom stereocenters. The summed E-state index contributed by atoms with van der Waals surface area (Å²) in [6, 6.07) is 11.6. The van der Waals surface area contributed by atoms with E-state index in [9.17, 15) is 13.2 Å². The molecule has 0 spiro atoms. The molecule has 3 rings (SSSR count). The van der Waals surface area contributed by atoms with Crippen LogP contribution in [-0.2, 0) is 21.9 Å². The summed E-state index contributed by atoms with van der Waals surface area (Å²) < 4.78 is 35.1. The maximum absolute atomic E-state index is 13.7. The number of nitrogens with zero attached hydrogens (tertiary/aromatic N) is 3. The number of amides is 1. The van der Waals surface area contributed by atoms with E-state index < -0.39 is 22.5 Å². The van der Waals surface area contributed by atoms with Gasteiger partial charge in [-0.05, 0) is 62.7 Å². The Hall–Kier alpha value is -3.04. The second-order valence-electron chi connectivity index (χ2n) is 7.34. The van der Waals surface area contributed by atoms with Gasteiger partial charge in [0, 0.05) is 17.8 Å². The van der Waals surface area contributed by atoms with Gasteiger partial charge in [0.15, 0.2) is 0 Å². The van der Waals surface area contributed by atoms with Gasteiger partial charge in [0.05, 0.1) is 24.2 Å². The molecule has 10 heteroatoms. The summed E-state index contributed by atoms with van der Waals surface area (Å²) >= 11 is 6.04. The molecule has 1 heterocycles. The van der Waals surface area contributed by atoms with Gasteiger partial charge in [0.2, 0.25) is 5.91 Å². The van der Waals surface area contributed by atoms with Crippen LogP contribution in [0, 0.1) is 20.8 Å². The molecule has 3 aromatic rings. The zero-order valence-electron chi connectivity index (χ0n) is 18.5. The highest BCUT2D eigenvalue weighted by Gasteiger charge is 2.32. The van der Waals surface area contributed by atoms with Crippen LogP contribution in [0.25, 0.3) is 0 Å². The molecule has 0 aliphatic heterocycles. The molecule has 0 saturated heterocycles. The number of halogens is 1. The first-order chi connectivity index (χ1) is 15.0. The topological polar surface area (TPSA) is 93.5 Å². The molecule has 0 atom stereocenters. The second kappa shape index (κ2) is 9.22. The van der Waals surface area contributed by atoms with Gasteiger partial charge in [-0.1, -0.05) is 17.7 Å². The number of sulfonamides is 1. The predicted octanol–water partition coefficient (Wildman–Crippen LogP) is 3.84. The van der Waals surface area contributed by atoms with Gasteiger partial charge in [0.25, 0.3) is 10.0 Å². The Morgan fingerprint density at radius 3 is 2.38 bits per heavy atom. The van der Waals surface area contributed by atoms with Gasteiger partial charge < -0.3 is 10.1 Å². The second-order valence-corrected chi connectivity index (χ2v) is 9.58. The number of carbonyl (C=O) groups excluding carboxylic acids is 1. The summed E-state index contributed by atoms with van der Waals surface area (Å²) in [5, 5.41) is 7.45. The van der Waals surface area contributed by atoms with Crippen LogP contribution in [0.2, 0.25) is 5.02 Å². The number of rotatable bonds is 7. The number of hydrogen-bond acceptors (Lipinski definition) is 5. The normalized spacial score (nSPS) is 11.3. The third-order valence-corrected chi connectivity index (χ3v) is 7.37. The molecular formula is C22H25ClN4O4S. The quantitative estimate of drug-likeness (QED) is 0.559. The van der Waals surface area contributed by atoms with Crippen LogP contribution in [0.5, 0.6) is 5.75 Å². The van der Waals surface area contributed by atoms with Crippen molar-refractivity contribution in [3.05, 3.63) is 64.4 Å². The van der Waals surface area contributed by atoms with Crippen molar-refractivity contribution in [2.45, 2.75) is 25.7 Å². The standard InChI is InChI=1S/C22H25ClN4O4S/c1-14-6-7-17(23)12-20(14)24-21(28)13-27(18-8-10-19(31-5)11-9-18)32(29,30)22-15(2)25-26(4)16(22)3/h6-12H,13H2,1-5H3,(H,24,28). The van der Waals surface area contributed by atoms with Gasteiger partial charge in [-0.3, -0.25) is 13.8 Å². The zero-order valence-corrected chi connectivity index (χ0v) is 20.1. The van der Waals surface area contributed by atoms with Crippen LogP contribution < -0.4 is 14.4 Å². The Morgan fingerprint density at radius 1 is 1.16 bits per heavy atom. The summed E-state index contributed by atoms with van der Waals surface area (Å²) in [6.45, 7) is 4.69. The Bertz CT molecular complexity index is 1250. The van der Waals surface area contributed by atoms with Crippen LogP contribution in [0.3, 0.4) is 0 Å². The molecule has 170 valence electrons. The maximum atomic E-state index is 13.7. The number of methoxy groups -OCH3 is 1. The van der Waals surface area contributed by atoms with E-state index in [1.165, 1.54) is 11.8 Å². The first-order valence-electron chi connectivity index (χ1n) is 9.77. The number of nitrogens with one attached hydrogen (secondary N) is 1. The van der Waals surface area contributed by atoms with Crippen LogP contribution in [-0.4, -0.2) is 37.8 Å².